The van der Waals surface area contributed by atoms with Crippen LogP contribution in [0.15, 0.2) is 0 Å². The van der Waals surface area contributed by atoms with Crippen molar-refractivity contribution in [2.75, 3.05) is 0 Å². The van der Waals surface area contributed by atoms with Crippen molar-refractivity contribution in [3.8, 4) is 0 Å². The highest BCUT2D eigenvalue weighted by Gasteiger charge is 2.34. The Kier molecular flexibility index (Phi) is 4.28. The van der Waals surface area contributed by atoms with E-state index in [1.54, 1.807) is 0 Å². The van der Waals surface area contributed by atoms with Crippen molar-refractivity contribution in [1.82, 2.24) is 5.06 Å². The second kappa shape index (κ2) is 5.04. The maximum atomic E-state index is 9.53. The lowest BCUT2D eigenvalue weighted by molar-refractivity contribution is -0.347. The van der Waals surface area contributed by atoms with Crippen LogP contribution in [-0.2, 0) is 4.84 Å². The summed E-state index contributed by atoms with van der Waals surface area (Å²) in [5, 5.41) is 29.4. The molecule has 0 spiro atoms. The van der Waals surface area contributed by atoms with E-state index in [1.807, 2.05) is 13.8 Å². The monoisotopic (exact) mass is 205 g/mol. The summed E-state index contributed by atoms with van der Waals surface area (Å²) < 4.78 is 0. The van der Waals surface area contributed by atoms with Crippen LogP contribution in [0.4, 0.5) is 0 Å². The number of hydrogen-bond donors (Lipinski definition) is 3. The highest BCUT2D eigenvalue weighted by molar-refractivity contribution is 4.68. The van der Waals surface area contributed by atoms with Crippen LogP contribution in [0.5, 0.6) is 0 Å². The van der Waals surface area contributed by atoms with Gasteiger partial charge < -0.3 is 15.3 Å². The van der Waals surface area contributed by atoms with E-state index in [1.165, 1.54) is 0 Å². The van der Waals surface area contributed by atoms with Crippen LogP contribution < -0.4 is 0 Å². The molecule has 4 unspecified atom stereocenters. The summed E-state index contributed by atoms with van der Waals surface area (Å²) >= 11 is 0. The van der Waals surface area contributed by atoms with E-state index >= 15 is 0 Å². The number of hydrogen-bond acceptors (Lipinski definition) is 5. The summed E-state index contributed by atoms with van der Waals surface area (Å²) in [6.45, 7) is 3.79. The maximum absolute atomic E-state index is 9.53. The lowest BCUT2D eigenvalue weighted by Crippen LogP contribution is -2.41. The van der Waals surface area contributed by atoms with Gasteiger partial charge in [0.15, 0.2) is 6.29 Å². The Bertz CT molecular complexity index is 168. The molecule has 1 aliphatic heterocycles. The van der Waals surface area contributed by atoms with E-state index in [-0.39, 0.29) is 5.92 Å². The number of rotatable bonds is 4. The minimum Gasteiger partial charge on any atom is -0.376 e. The molecule has 5 heteroatoms. The summed E-state index contributed by atoms with van der Waals surface area (Å²) in [4.78, 5) is 5.08. The lowest BCUT2D eigenvalue weighted by Gasteiger charge is -2.27. The van der Waals surface area contributed by atoms with Gasteiger partial charge in [-0.3, -0.25) is 4.84 Å². The van der Waals surface area contributed by atoms with Crippen molar-refractivity contribution >= 4 is 0 Å². The zero-order valence-corrected chi connectivity index (χ0v) is 8.63. The minimum atomic E-state index is -0.970. The van der Waals surface area contributed by atoms with E-state index in [9.17, 15) is 15.3 Å². The predicted octanol–water partition coefficient (Wildman–Crippen LogP) is 0.0151. The molecule has 0 saturated carbocycles. The predicted molar refractivity (Wildman–Crippen MR) is 49.6 cm³/mol. The molecule has 5 nitrogen and oxygen atoms in total. The Morgan fingerprint density at radius 1 is 1.36 bits per heavy atom. The van der Waals surface area contributed by atoms with Crippen molar-refractivity contribution in [2.24, 2.45) is 5.92 Å². The second-order valence-corrected chi connectivity index (χ2v) is 3.78. The number of hydroxylamine groups is 2. The van der Waals surface area contributed by atoms with Gasteiger partial charge in [-0.25, -0.2) is 0 Å². The number of nitrogens with zero attached hydrogens (tertiary/aromatic N) is 1. The molecule has 3 N–H and O–H groups in total. The largest absolute Gasteiger partial charge is 0.376 e. The average molecular weight is 205 g/mol. The van der Waals surface area contributed by atoms with E-state index in [0.717, 1.165) is 11.5 Å². The summed E-state index contributed by atoms with van der Waals surface area (Å²) in [5.41, 5.74) is 0. The molecular weight excluding hydrogens is 186 g/mol. The molecule has 0 radical (unpaired) electrons. The third kappa shape index (κ3) is 2.65. The van der Waals surface area contributed by atoms with Crippen molar-refractivity contribution < 1.29 is 20.2 Å². The van der Waals surface area contributed by atoms with Crippen LogP contribution in [0.3, 0.4) is 0 Å². The fourth-order valence-electron chi connectivity index (χ4n) is 1.32. The Hall–Kier alpha value is -0.200. The summed E-state index contributed by atoms with van der Waals surface area (Å²) in [6.07, 6.45) is -0.890. The van der Waals surface area contributed by atoms with Gasteiger partial charge in [-0.15, -0.1) is 5.06 Å². The molecular formula is C9H19NO4. The molecule has 84 valence electrons. The van der Waals surface area contributed by atoms with Gasteiger partial charge >= 0.3 is 0 Å². The molecule has 0 aromatic carbocycles. The molecule has 0 aromatic heterocycles. The van der Waals surface area contributed by atoms with Gasteiger partial charge in [0.2, 0.25) is 0 Å². The Labute approximate surface area is 83.9 Å². The minimum absolute atomic E-state index is 0.0185. The normalized spacial score (nSPS) is 33.2. The number of aliphatic hydroxyl groups excluding tert-OH is 3. The third-order valence-electron chi connectivity index (χ3n) is 2.63. The van der Waals surface area contributed by atoms with Crippen LogP contribution in [-0.4, -0.2) is 39.1 Å². The van der Waals surface area contributed by atoms with Gasteiger partial charge in [-0.2, -0.15) is 0 Å². The molecule has 0 bridgehead atoms. The van der Waals surface area contributed by atoms with Gasteiger partial charge in [-0.05, 0) is 19.3 Å². The average Bonchev–Trinajstić information content (AvgIpc) is 2.48. The molecule has 0 aliphatic carbocycles. The van der Waals surface area contributed by atoms with Gasteiger partial charge in [0, 0.05) is 5.92 Å². The van der Waals surface area contributed by atoms with E-state index in [0.29, 0.717) is 12.8 Å². The molecule has 1 rings (SSSR count). The molecule has 1 saturated heterocycles. The van der Waals surface area contributed by atoms with Crippen molar-refractivity contribution in [3.05, 3.63) is 0 Å². The zero-order chi connectivity index (χ0) is 10.7. The van der Waals surface area contributed by atoms with Gasteiger partial charge in [0.1, 0.15) is 12.5 Å². The fraction of sp³-hybridized carbons (Fsp3) is 1.00. The summed E-state index contributed by atoms with van der Waals surface area (Å²) in [6, 6.07) is 0. The van der Waals surface area contributed by atoms with E-state index in [2.05, 4.69) is 0 Å². The maximum Gasteiger partial charge on any atom is 0.177 e. The first-order valence-electron chi connectivity index (χ1n) is 5.05. The molecule has 0 aromatic rings. The molecule has 1 aliphatic rings. The molecule has 1 heterocycles. The molecule has 0 amide bonds. The van der Waals surface area contributed by atoms with Crippen LogP contribution in [0, 0.1) is 5.92 Å². The fourth-order valence-corrected chi connectivity index (χ4v) is 1.32. The van der Waals surface area contributed by atoms with Crippen molar-refractivity contribution in [1.29, 1.82) is 0 Å². The molecule has 14 heavy (non-hydrogen) atoms. The highest BCUT2D eigenvalue weighted by Crippen LogP contribution is 2.23. The van der Waals surface area contributed by atoms with Crippen LogP contribution in [0.1, 0.15) is 33.1 Å². The topological polar surface area (TPSA) is 73.2 Å². The first-order valence-corrected chi connectivity index (χ1v) is 5.05. The zero-order valence-electron chi connectivity index (χ0n) is 8.63. The summed E-state index contributed by atoms with van der Waals surface area (Å²) in [7, 11) is 0. The lowest BCUT2D eigenvalue weighted by atomic mass is 10.1. The van der Waals surface area contributed by atoms with Crippen molar-refractivity contribution in [2.45, 2.75) is 51.9 Å². The first kappa shape index (κ1) is 11.9. The van der Waals surface area contributed by atoms with Gasteiger partial charge in [0.25, 0.3) is 0 Å². The number of aliphatic hydroxyl groups is 3. The van der Waals surface area contributed by atoms with E-state index < -0.39 is 18.7 Å². The van der Waals surface area contributed by atoms with Crippen LogP contribution in [0.2, 0.25) is 0 Å². The molecule has 4 atom stereocenters. The van der Waals surface area contributed by atoms with Crippen molar-refractivity contribution in [3.63, 3.8) is 0 Å². The van der Waals surface area contributed by atoms with Gasteiger partial charge in [-0.1, -0.05) is 13.8 Å². The molecule has 1 fully saturated rings. The van der Waals surface area contributed by atoms with E-state index in [4.69, 9.17) is 4.84 Å². The first-order chi connectivity index (χ1) is 6.56. The third-order valence-corrected chi connectivity index (χ3v) is 2.63. The standard InChI is InChI=1S/C9H19NO4/c1-3-6(2)9(13)14-10-7(11)4-5-8(10)12/h6-9,11-13H,3-5H2,1-2H3. The smallest absolute Gasteiger partial charge is 0.177 e. The quantitative estimate of drug-likeness (QED) is 0.564. The van der Waals surface area contributed by atoms with Crippen LogP contribution in [0.25, 0.3) is 0 Å². The Morgan fingerprint density at radius 2 is 1.86 bits per heavy atom. The second-order valence-electron chi connectivity index (χ2n) is 3.78. The Balaban J connectivity index is 2.42. The SMILES string of the molecule is CCC(C)C(O)ON1C(O)CCC1O. The summed E-state index contributed by atoms with van der Waals surface area (Å²) in [5.74, 6) is -0.0185. The van der Waals surface area contributed by atoms with Crippen LogP contribution >= 0.6 is 0 Å². The van der Waals surface area contributed by atoms with Gasteiger partial charge in [0.05, 0.1) is 0 Å². The highest BCUT2D eigenvalue weighted by atomic mass is 16.8. The Morgan fingerprint density at radius 3 is 2.29 bits per heavy atom.